The Balaban J connectivity index is 2.22. The Morgan fingerprint density at radius 1 is 1.30 bits per heavy atom. The number of nitrogens with one attached hydrogen (secondary N) is 1. The van der Waals surface area contributed by atoms with E-state index in [1.54, 1.807) is 12.3 Å². The molecular weight excluding hydrogens is 255 g/mol. The number of halogens is 1. The standard InChI is InChI=1S/C16H15FN2O/c1-10-12(5-8-20)14-9-11(17)3-4-13(14)15(10)16-18-6-2-7-19-16/h2-4,6-7,9,18,20H,5,8H2,1H3. The average Bonchev–Trinajstić information content (AvgIpc) is 2.73. The van der Waals surface area contributed by atoms with Crippen LogP contribution in [0.4, 0.5) is 4.39 Å². The molecule has 1 aliphatic carbocycles. The summed E-state index contributed by atoms with van der Waals surface area (Å²) in [6.45, 7) is 2.03. The largest absolute Gasteiger partial charge is 0.396 e. The molecule has 0 fully saturated rings. The molecule has 1 aliphatic heterocycles. The summed E-state index contributed by atoms with van der Waals surface area (Å²) >= 11 is 0. The number of hydrogen-bond donors (Lipinski definition) is 2. The van der Waals surface area contributed by atoms with Crippen LogP contribution < -0.4 is 5.32 Å². The zero-order valence-corrected chi connectivity index (χ0v) is 11.2. The van der Waals surface area contributed by atoms with Gasteiger partial charge >= 0.3 is 0 Å². The number of aliphatic hydroxyl groups excluding tert-OH is 1. The molecule has 2 aliphatic rings. The average molecular weight is 270 g/mol. The summed E-state index contributed by atoms with van der Waals surface area (Å²) < 4.78 is 13.5. The van der Waals surface area contributed by atoms with Crippen LogP contribution in [0.5, 0.6) is 0 Å². The van der Waals surface area contributed by atoms with Crippen molar-refractivity contribution in [1.29, 1.82) is 0 Å². The number of nitrogens with zero attached hydrogens (tertiary/aromatic N) is 1. The van der Waals surface area contributed by atoms with Gasteiger partial charge in [0.25, 0.3) is 0 Å². The molecule has 0 spiro atoms. The fourth-order valence-electron chi connectivity index (χ4n) is 2.74. The highest BCUT2D eigenvalue weighted by Gasteiger charge is 2.26. The van der Waals surface area contributed by atoms with Crippen LogP contribution in [0.25, 0.3) is 11.1 Å². The maximum Gasteiger partial charge on any atom is 0.138 e. The molecule has 0 radical (unpaired) electrons. The summed E-state index contributed by atoms with van der Waals surface area (Å²) in [6.07, 6.45) is 5.87. The van der Waals surface area contributed by atoms with E-state index < -0.39 is 0 Å². The number of hydrogen-bond acceptors (Lipinski definition) is 3. The molecular formula is C16H15FN2O. The quantitative estimate of drug-likeness (QED) is 0.868. The zero-order valence-electron chi connectivity index (χ0n) is 11.2. The normalized spacial score (nSPS) is 20.4. The summed E-state index contributed by atoms with van der Waals surface area (Å²) in [5.74, 6) is 0.490. The van der Waals surface area contributed by atoms with Crippen LogP contribution >= 0.6 is 0 Å². The van der Waals surface area contributed by atoms with E-state index in [0.717, 1.165) is 33.7 Å². The number of allylic oxidation sites excluding steroid dienone is 3. The van der Waals surface area contributed by atoms with Crippen LogP contribution in [0.3, 0.4) is 0 Å². The van der Waals surface area contributed by atoms with Gasteiger partial charge in [-0.1, -0.05) is 6.07 Å². The lowest BCUT2D eigenvalue weighted by Gasteiger charge is -2.11. The molecule has 0 amide bonds. The summed E-state index contributed by atoms with van der Waals surface area (Å²) in [6, 6.07) is 4.76. The SMILES string of the molecule is CC1=C(CCO)c2cc(F)ccc2C1=C1N=CC=CN1. The third kappa shape index (κ3) is 1.98. The van der Waals surface area contributed by atoms with E-state index in [1.165, 1.54) is 12.1 Å². The molecule has 0 bridgehead atoms. The predicted molar refractivity (Wildman–Crippen MR) is 78.4 cm³/mol. The van der Waals surface area contributed by atoms with Crippen molar-refractivity contribution in [2.45, 2.75) is 13.3 Å². The third-order valence-electron chi connectivity index (χ3n) is 3.61. The first-order chi connectivity index (χ1) is 9.72. The van der Waals surface area contributed by atoms with E-state index in [0.29, 0.717) is 6.42 Å². The van der Waals surface area contributed by atoms with Gasteiger partial charge in [-0.3, -0.25) is 0 Å². The first-order valence-electron chi connectivity index (χ1n) is 6.53. The van der Waals surface area contributed by atoms with Gasteiger partial charge in [-0.25, -0.2) is 9.38 Å². The first kappa shape index (κ1) is 12.8. The minimum atomic E-state index is -0.266. The molecule has 1 aromatic rings. The highest BCUT2D eigenvalue weighted by molar-refractivity contribution is 6.01. The highest BCUT2D eigenvalue weighted by atomic mass is 19.1. The van der Waals surface area contributed by atoms with Crippen LogP contribution in [-0.2, 0) is 0 Å². The summed E-state index contributed by atoms with van der Waals surface area (Å²) in [5, 5.41) is 12.4. The summed E-state index contributed by atoms with van der Waals surface area (Å²) in [5.41, 5.74) is 4.81. The summed E-state index contributed by atoms with van der Waals surface area (Å²) in [4.78, 5) is 4.34. The number of aliphatic hydroxyl groups is 1. The van der Waals surface area contributed by atoms with Crippen molar-refractivity contribution in [2.24, 2.45) is 4.99 Å². The number of rotatable bonds is 2. The van der Waals surface area contributed by atoms with Crippen molar-refractivity contribution in [3.05, 3.63) is 58.8 Å². The predicted octanol–water partition coefficient (Wildman–Crippen LogP) is 2.85. The van der Waals surface area contributed by atoms with Crippen LogP contribution in [0.1, 0.15) is 24.5 Å². The molecule has 0 atom stereocenters. The Bertz CT molecular complexity index is 684. The monoisotopic (exact) mass is 270 g/mol. The van der Waals surface area contributed by atoms with Gasteiger partial charge in [0, 0.05) is 24.6 Å². The van der Waals surface area contributed by atoms with Gasteiger partial charge in [0.05, 0.1) is 0 Å². The van der Waals surface area contributed by atoms with E-state index >= 15 is 0 Å². The molecule has 3 rings (SSSR count). The number of benzene rings is 1. The van der Waals surface area contributed by atoms with E-state index in [-0.39, 0.29) is 12.4 Å². The van der Waals surface area contributed by atoms with E-state index in [1.807, 2.05) is 19.2 Å². The van der Waals surface area contributed by atoms with Crippen molar-refractivity contribution in [1.82, 2.24) is 5.32 Å². The van der Waals surface area contributed by atoms with Crippen LogP contribution in [-0.4, -0.2) is 17.9 Å². The lowest BCUT2D eigenvalue weighted by Crippen LogP contribution is -2.09. The number of aliphatic imine (C=N–C) groups is 1. The Labute approximate surface area is 116 Å². The van der Waals surface area contributed by atoms with E-state index in [9.17, 15) is 9.50 Å². The summed E-state index contributed by atoms with van der Waals surface area (Å²) in [7, 11) is 0. The van der Waals surface area contributed by atoms with Gasteiger partial charge < -0.3 is 10.4 Å². The Morgan fingerprint density at radius 2 is 2.15 bits per heavy atom. The molecule has 1 aromatic carbocycles. The Morgan fingerprint density at radius 3 is 2.85 bits per heavy atom. The van der Waals surface area contributed by atoms with Crippen molar-refractivity contribution < 1.29 is 9.50 Å². The zero-order chi connectivity index (χ0) is 14.1. The molecule has 2 N–H and O–H groups in total. The Hall–Kier alpha value is -2.20. The lowest BCUT2D eigenvalue weighted by atomic mass is 10.0. The van der Waals surface area contributed by atoms with Gasteiger partial charge in [0.2, 0.25) is 0 Å². The number of fused-ring (bicyclic) bond motifs is 1. The fourth-order valence-corrected chi connectivity index (χ4v) is 2.74. The maximum atomic E-state index is 13.5. The van der Waals surface area contributed by atoms with Crippen LogP contribution in [0, 0.1) is 5.82 Å². The van der Waals surface area contributed by atoms with Crippen LogP contribution in [0.2, 0.25) is 0 Å². The van der Waals surface area contributed by atoms with Gasteiger partial charge in [0.15, 0.2) is 0 Å². The van der Waals surface area contributed by atoms with E-state index in [4.69, 9.17) is 0 Å². The molecule has 3 nitrogen and oxygen atoms in total. The van der Waals surface area contributed by atoms with E-state index in [2.05, 4.69) is 10.3 Å². The van der Waals surface area contributed by atoms with Gasteiger partial charge in [0.1, 0.15) is 11.6 Å². The first-order valence-corrected chi connectivity index (χ1v) is 6.53. The molecule has 0 saturated heterocycles. The topological polar surface area (TPSA) is 44.6 Å². The van der Waals surface area contributed by atoms with Crippen molar-refractivity contribution >= 4 is 17.4 Å². The van der Waals surface area contributed by atoms with Gasteiger partial charge in [-0.2, -0.15) is 0 Å². The molecule has 0 unspecified atom stereocenters. The van der Waals surface area contributed by atoms with Gasteiger partial charge in [-0.05, 0) is 53.8 Å². The highest BCUT2D eigenvalue weighted by Crippen LogP contribution is 2.44. The second-order valence-electron chi connectivity index (χ2n) is 4.77. The molecule has 102 valence electrons. The molecule has 4 heteroatoms. The molecule has 0 saturated carbocycles. The van der Waals surface area contributed by atoms with Crippen molar-refractivity contribution in [3.63, 3.8) is 0 Å². The van der Waals surface area contributed by atoms with Gasteiger partial charge in [-0.15, -0.1) is 0 Å². The second-order valence-corrected chi connectivity index (χ2v) is 4.77. The van der Waals surface area contributed by atoms with Crippen LogP contribution in [0.15, 0.2) is 46.9 Å². The van der Waals surface area contributed by atoms with Crippen molar-refractivity contribution in [2.75, 3.05) is 6.61 Å². The molecule has 1 heterocycles. The smallest absolute Gasteiger partial charge is 0.138 e. The third-order valence-corrected chi connectivity index (χ3v) is 3.61. The maximum absolute atomic E-state index is 13.5. The molecule has 20 heavy (non-hydrogen) atoms. The lowest BCUT2D eigenvalue weighted by molar-refractivity contribution is 0.305. The minimum Gasteiger partial charge on any atom is -0.396 e. The fraction of sp³-hybridized carbons (Fsp3) is 0.188. The minimum absolute atomic E-state index is 0.0435. The van der Waals surface area contributed by atoms with Crippen molar-refractivity contribution in [3.8, 4) is 0 Å². The Kier molecular flexibility index (Phi) is 3.24. The molecule has 0 aromatic heterocycles. The second kappa shape index (κ2) is 5.06.